The fourth-order valence-electron chi connectivity index (χ4n) is 3.32. The van der Waals surface area contributed by atoms with Crippen LogP contribution in [0.2, 0.25) is 0 Å². The Kier molecular flexibility index (Phi) is 5.61. The molecule has 1 aliphatic rings. The van der Waals surface area contributed by atoms with E-state index >= 15 is 0 Å². The molecule has 0 spiro atoms. The molecular formula is C24H22OS2. The van der Waals surface area contributed by atoms with E-state index in [1.807, 2.05) is 35.7 Å². The van der Waals surface area contributed by atoms with E-state index in [4.69, 9.17) is 4.74 Å². The molecule has 0 radical (unpaired) electrons. The van der Waals surface area contributed by atoms with Gasteiger partial charge in [0.15, 0.2) is 0 Å². The highest BCUT2D eigenvalue weighted by Crippen LogP contribution is 2.56. The summed E-state index contributed by atoms with van der Waals surface area (Å²) in [7, 11) is 1.71. The summed E-state index contributed by atoms with van der Waals surface area (Å²) in [5, 5.41) is 2.33. The van der Waals surface area contributed by atoms with Crippen molar-refractivity contribution in [3.63, 3.8) is 0 Å². The molecule has 3 heteroatoms. The van der Waals surface area contributed by atoms with Crippen LogP contribution in [0.5, 0.6) is 5.75 Å². The minimum absolute atomic E-state index is 0.0813. The van der Waals surface area contributed by atoms with E-state index in [0.29, 0.717) is 0 Å². The summed E-state index contributed by atoms with van der Waals surface area (Å²) in [6, 6.07) is 30.0. The highest BCUT2D eigenvalue weighted by Gasteiger charge is 2.37. The summed E-state index contributed by atoms with van der Waals surface area (Å²) in [4.78, 5) is 1.34. The highest BCUT2D eigenvalue weighted by molar-refractivity contribution is 8.27. The Bertz CT molecular complexity index is 861. The van der Waals surface area contributed by atoms with E-state index in [-0.39, 0.29) is 4.08 Å². The summed E-state index contributed by atoms with van der Waals surface area (Å²) in [6.07, 6.45) is 2.07. The zero-order chi connectivity index (χ0) is 18.5. The van der Waals surface area contributed by atoms with Crippen LogP contribution in [-0.2, 0) is 12.8 Å². The molecule has 0 aliphatic carbocycles. The van der Waals surface area contributed by atoms with E-state index < -0.39 is 0 Å². The van der Waals surface area contributed by atoms with Crippen molar-refractivity contribution < 1.29 is 4.74 Å². The molecule has 0 unspecified atom stereocenters. The lowest BCUT2D eigenvalue weighted by molar-refractivity contribution is 0.415. The first kappa shape index (κ1) is 18.3. The Balaban J connectivity index is 1.59. The first-order valence-electron chi connectivity index (χ1n) is 9.06. The van der Waals surface area contributed by atoms with Crippen LogP contribution in [0.1, 0.15) is 16.7 Å². The molecule has 0 saturated carbocycles. The molecule has 0 bridgehead atoms. The molecule has 0 saturated heterocycles. The largest absolute Gasteiger partial charge is 0.497 e. The molecule has 4 rings (SSSR count). The number of hydrogen-bond acceptors (Lipinski definition) is 3. The van der Waals surface area contributed by atoms with E-state index in [1.165, 1.54) is 21.6 Å². The third kappa shape index (κ3) is 4.42. The molecule has 1 aliphatic heterocycles. The maximum atomic E-state index is 5.30. The third-order valence-corrected chi connectivity index (χ3v) is 7.68. The molecule has 0 atom stereocenters. The van der Waals surface area contributed by atoms with Gasteiger partial charge in [-0.25, -0.2) is 0 Å². The molecule has 0 amide bonds. The third-order valence-electron chi connectivity index (χ3n) is 4.68. The second-order valence-corrected chi connectivity index (χ2v) is 9.60. The molecule has 0 fully saturated rings. The zero-order valence-electron chi connectivity index (χ0n) is 15.3. The monoisotopic (exact) mass is 390 g/mol. The molecular weight excluding hydrogens is 368 g/mol. The van der Waals surface area contributed by atoms with Gasteiger partial charge in [0, 0.05) is 4.91 Å². The van der Waals surface area contributed by atoms with Gasteiger partial charge in [-0.05, 0) is 47.1 Å². The number of thioether (sulfide) groups is 2. The van der Waals surface area contributed by atoms with Gasteiger partial charge in [0.2, 0.25) is 0 Å². The number of hydrogen-bond donors (Lipinski definition) is 0. The smallest absolute Gasteiger partial charge is 0.118 e. The fourth-order valence-corrected chi connectivity index (χ4v) is 6.36. The van der Waals surface area contributed by atoms with Gasteiger partial charge in [0.25, 0.3) is 0 Å². The average molecular weight is 391 g/mol. The Morgan fingerprint density at radius 1 is 0.741 bits per heavy atom. The van der Waals surface area contributed by atoms with Crippen LogP contribution in [0, 0.1) is 0 Å². The number of benzene rings is 3. The number of rotatable bonds is 6. The van der Waals surface area contributed by atoms with E-state index in [0.717, 1.165) is 18.6 Å². The topological polar surface area (TPSA) is 9.23 Å². The quantitative estimate of drug-likeness (QED) is 0.466. The summed E-state index contributed by atoms with van der Waals surface area (Å²) in [5.74, 6) is 0.898. The maximum absolute atomic E-state index is 5.30. The zero-order valence-corrected chi connectivity index (χ0v) is 16.9. The van der Waals surface area contributed by atoms with Gasteiger partial charge in [-0.2, -0.15) is 0 Å². The van der Waals surface area contributed by atoms with Gasteiger partial charge in [-0.15, -0.1) is 23.5 Å². The second-order valence-electron chi connectivity index (χ2n) is 6.67. The summed E-state index contributed by atoms with van der Waals surface area (Å²) in [6.45, 7) is 0. The van der Waals surface area contributed by atoms with Crippen molar-refractivity contribution in [3.05, 3.63) is 107 Å². The average Bonchev–Trinajstić information content (AvgIpc) is 3.13. The van der Waals surface area contributed by atoms with Crippen molar-refractivity contribution in [1.29, 1.82) is 0 Å². The van der Waals surface area contributed by atoms with Crippen LogP contribution in [0.15, 0.2) is 90.3 Å². The Hall–Kier alpha value is -2.10. The SMILES string of the molecule is COc1ccc(C2=CSC(Cc3ccccc3)(Cc3ccccc3)S2)cc1. The van der Waals surface area contributed by atoms with Gasteiger partial charge >= 0.3 is 0 Å². The Morgan fingerprint density at radius 2 is 1.30 bits per heavy atom. The van der Waals surface area contributed by atoms with Gasteiger partial charge in [-0.3, -0.25) is 0 Å². The van der Waals surface area contributed by atoms with Crippen molar-refractivity contribution in [3.8, 4) is 5.75 Å². The van der Waals surface area contributed by atoms with Crippen LogP contribution >= 0.6 is 23.5 Å². The summed E-state index contributed by atoms with van der Waals surface area (Å²) >= 11 is 3.96. The first-order chi connectivity index (χ1) is 13.3. The lowest BCUT2D eigenvalue weighted by atomic mass is 10.0. The first-order valence-corrected chi connectivity index (χ1v) is 10.8. The van der Waals surface area contributed by atoms with Crippen LogP contribution in [0.25, 0.3) is 4.91 Å². The van der Waals surface area contributed by atoms with Crippen LogP contribution in [-0.4, -0.2) is 11.2 Å². The molecule has 1 nitrogen and oxygen atoms in total. The lowest BCUT2D eigenvalue weighted by Gasteiger charge is -2.28. The van der Waals surface area contributed by atoms with Gasteiger partial charge < -0.3 is 4.74 Å². The predicted octanol–water partition coefficient (Wildman–Crippen LogP) is 6.66. The number of methoxy groups -OCH3 is 1. The van der Waals surface area contributed by atoms with Crippen molar-refractivity contribution in [2.24, 2.45) is 0 Å². The molecule has 0 aromatic heterocycles. The fraction of sp³-hybridized carbons (Fsp3) is 0.167. The van der Waals surface area contributed by atoms with Crippen molar-refractivity contribution in [2.75, 3.05) is 7.11 Å². The minimum atomic E-state index is 0.0813. The minimum Gasteiger partial charge on any atom is -0.497 e. The van der Waals surface area contributed by atoms with Gasteiger partial charge in [0.05, 0.1) is 11.2 Å². The molecule has 3 aromatic carbocycles. The lowest BCUT2D eigenvalue weighted by Crippen LogP contribution is -2.24. The Labute approximate surface area is 169 Å². The summed E-state index contributed by atoms with van der Waals surface area (Å²) in [5.41, 5.74) is 4.03. The molecule has 1 heterocycles. The van der Waals surface area contributed by atoms with E-state index in [1.54, 1.807) is 7.11 Å². The van der Waals surface area contributed by atoms with E-state index in [9.17, 15) is 0 Å². The molecule has 3 aromatic rings. The van der Waals surface area contributed by atoms with E-state index in [2.05, 4.69) is 78.2 Å². The van der Waals surface area contributed by atoms with Crippen molar-refractivity contribution >= 4 is 28.4 Å². The molecule has 136 valence electrons. The number of ether oxygens (including phenoxy) is 1. The maximum Gasteiger partial charge on any atom is 0.118 e. The second kappa shape index (κ2) is 8.28. The van der Waals surface area contributed by atoms with Crippen LogP contribution in [0.3, 0.4) is 0 Å². The summed E-state index contributed by atoms with van der Waals surface area (Å²) < 4.78 is 5.38. The van der Waals surface area contributed by atoms with Crippen LogP contribution in [0.4, 0.5) is 0 Å². The normalized spacial score (nSPS) is 15.4. The predicted molar refractivity (Wildman–Crippen MR) is 119 cm³/mol. The van der Waals surface area contributed by atoms with Crippen molar-refractivity contribution in [2.45, 2.75) is 16.9 Å². The molecule has 0 N–H and O–H groups in total. The highest BCUT2D eigenvalue weighted by atomic mass is 32.2. The van der Waals surface area contributed by atoms with Crippen LogP contribution < -0.4 is 4.74 Å². The standard InChI is InChI=1S/C24H22OS2/c1-25-22-14-12-21(13-15-22)23-18-26-24(27-23,16-19-8-4-2-5-9-19)17-20-10-6-3-7-11-20/h2-15,18H,16-17H2,1H3. The molecule has 27 heavy (non-hydrogen) atoms. The van der Waals surface area contributed by atoms with Crippen molar-refractivity contribution in [1.82, 2.24) is 0 Å². The Morgan fingerprint density at radius 3 is 1.81 bits per heavy atom. The van der Waals surface area contributed by atoms with Gasteiger partial charge in [0.1, 0.15) is 5.75 Å². The van der Waals surface area contributed by atoms with Gasteiger partial charge in [-0.1, -0.05) is 72.8 Å².